The van der Waals surface area contributed by atoms with Crippen LogP contribution in [-0.2, 0) is 0 Å². The van der Waals surface area contributed by atoms with Crippen molar-refractivity contribution in [3.8, 4) is 22.7 Å². The van der Waals surface area contributed by atoms with Crippen molar-refractivity contribution in [2.45, 2.75) is 0 Å². The van der Waals surface area contributed by atoms with Gasteiger partial charge in [-0.05, 0) is 84.9 Å². The van der Waals surface area contributed by atoms with Gasteiger partial charge in [0.15, 0.2) is 0 Å². The molecule has 4 aromatic heterocycles. The molecule has 0 aliphatic carbocycles. The summed E-state index contributed by atoms with van der Waals surface area (Å²) in [4.78, 5) is 0. The minimum absolute atomic E-state index is 1.14. The van der Waals surface area contributed by atoms with Crippen LogP contribution in [0.1, 0.15) is 0 Å². The van der Waals surface area contributed by atoms with Crippen LogP contribution in [0.2, 0.25) is 0 Å². The molecule has 0 amide bonds. The van der Waals surface area contributed by atoms with Crippen molar-refractivity contribution in [1.82, 2.24) is 18.3 Å². The lowest BCUT2D eigenvalue weighted by Gasteiger charge is -2.11. The fraction of sp³-hybridized carbons (Fsp3) is 0. The molecule has 0 aliphatic rings. The summed E-state index contributed by atoms with van der Waals surface area (Å²) >= 11 is 0. The number of rotatable bonds is 4. The van der Waals surface area contributed by atoms with Crippen LogP contribution >= 0.6 is 0 Å². The molecule has 0 atom stereocenters. The Labute approximate surface area is 333 Å². The van der Waals surface area contributed by atoms with Gasteiger partial charge in [0.2, 0.25) is 0 Å². The number of fused-ring (bicyclic) bond motifs is 13. The van der Waals surface area contributed by atoms with E-state index in [0.29, 0.717) is 0 Å². The van der Waals surface area contributed by atoms with Gasteiger partial charge in [-0.15, -0.1) is 0 Å². The Hall–Kier alpha value is -7.82. The number of hydrogen-bond donors (Lipinski definition) is 0. The van der Waals surface area contributed by atoms with Crippen molar-refractivity contribution in [3.63, 3.8) is 0 Å². The Bertz CT molecular complexity index is 3430. The molecule has 4 heterocycles. The summed E-state index contributed by atoms with van der Waals surface area (Å²) in [6.45, 7) is 0. The van der Waals surface area contributed by atoms with Gasteiger partial charge >= 0.3 is 0 Å². The van der Waals surface area contributed by atoms with Crippen LogP contribution in [0.3, 0.4) is 0 Å². The first-order valence-corrected chi connectivity index (χ1v) is 20.0. The molecule has 0 saturated heterocycles. The van der Waals surface area contributed by atoms with Crippen molar-refractivity contribution < 1.29 is 0 Å². The van der Waals surface area contributed by atoms with Crippen molar-refractivity contribution in [2.24, 2.45) is 0 Å². The average molecular weight is 739 g/mol. The minimum Gasteiger partial charge on any atom is -0.309 e. The Kier molecular flexibility index (Phi) is 6.41. The second kappa shape index (κ2) is 11.8. The van der Waals surface area contributed by atoms with Crippen molar-refractivity contribution >= 4 is 87.2 Å². The summed E-state index contributed by atoms with van der Waals surface area (Å²) in [6, 6.07) is 75.4. The van der Waals surface area contributed by atoms with Gasteiger partial charge in [-0.2, -0.15) is 0 Å². The number of benzene rings is 9. The molecular formula is C54H34N4. The SMILES string of the molecule is c1ccc(-n2c3cc(-n4c5ccccc5c5ccccc54)ccc3c3c4c5ccc(-n6c7ccccc7c7ccccc76)cc5n(-c5ccccc5)c4ccc32)cc1. The number of aromatic nitrogens is 4. The molecule has 0 N–H and O–H groups in total. The number of hydrogen-bond acceptors (Lipinski definition) is 0. The molecule has 0 unspecified atom stereocenters. The molecule has 0 spiro atoms. The van der Waals surface area contributed by atoms with E-state index in [9.17, 15) is 0 Å². The highest BCUT2D eigenvalue weighted by atomic mass is 15.0. The molecule has 0 aliphatic heterocycles. The zero-order valence-electron chi connectivity index (χ0n) is 31.4. The fourth-order valence-corrected chi connectivity index (χ4v) is 9.98. The number of para-hydroxylation sites is 6. The summed E-state index contributed by atoms with van der Waals surface area (Å²) < 4.78 is 9.76. The summed E-state index contributed by atoms with van der Waals surface area (Å²) in [5, 5.41) is 10.0. The van der Waals surface area contributed by atoms with Crippen LogP contribution in [0.25, 0.3) is 110 Å². The van der Waals surface area contributed by atoms with E-state index in [-0.39, 0.29) is 0 Å². The summed E-state index contributed by atoms with van der Waals surface area (Å²) in [6.07, 6.45) is 0. The smallest absolute Gasteiger partial charge is 0.0562 e. The zero-order valence-corrected chi connectivity index (χ0v) is 31.4. The molecule has 0 radical (unpaired) electrons. The lowest BCUT2D eigenvalue weighted by Crippen LogP contribution is -1.97. The van der Waals surface area contributed by atoms with Crippen LogP contribution in [0, 0.1) is 0 Å². The maximum absolute atomic E-state index is 2.46. The van der Waals surface area contributed by atoms with Gasteiger partial charge in [0.1, 0.15) is 0 Å². The Morgan fingerprint density at radius 1 is 0.190 bits per heavy atom. The van der Waals surface area contributed by atoms with Crippen molar-refractivity contribution in [3.05, 3.63) is 206 Å². The predicted octanol–water partition coefficient (Wildman–Crippen LogP) is 14.1. The second-order valence-electron chi connectivity index (χ2n) is 15.3. The Morgan fingerprint density at radius 2 is 0.500 bits per heavy atom. The van der Waals surface area contributed by atoms with Gasteiger partial charge in [-0.1, -0.05) is 121 Å². The summed E-state index contributed by atoms with van der Waals surface area (Å²) in [7, 11) is 0. The molecule has 58 heavy (non-hydrogen) atoms. The van der Waals surface area contributed by atoms with Crippen LogP contribution in [0.15, 0.2) is 206 Å². The third-order valence-electron chi connectivity index (χ3n) is 12.3. The van der Waals surface area contributed by atoms with E-state index < -0.39 is 0 Å². The van der Waals surface area contributed by atoms with Crippen molar-refractivity contribution in [1.29, 1.82) is 0 Å². The minimum atomic E-state index is 1.14. The lowest BCUT2D eigenvalue weighted by atomic mass is 10.0. The first-order valence-electron chi connectivity index (χ1n) is 20.0. The molecule has 4 nitrogen and oxygen atoms in total. The van der Waals surface area contributed by atoms with E-state index in [1.165, 1.54) is 87.2 Å². The molecule has 0 fully saturated rings. The van der Waals surface area contributed by atoms with E-state index in [1.807, 2.05) is 0 Å². The zero-order chi connectivity index (χ0) is 37.9. The lowest BCUT2D eigenvalue weighted by molar-refractivity contribution is 1.15. The topological polar surface area (TPSA) is 19.7 Å². The first-order chi connectivity index (χ1) is 28.8. The van der Waals surface area contributed by atoms with Crippen LogP contribution in [0.5, 0.6) is 0 Å². The molecule has 13 rings (SSSR count). The van der Waals surface area contributed by atoms with E-state index in [1.54, 1.807) is 0 Å². The van der Waals surface area contributed by atoms with Crippen molar-refractivity contribution in [2.75, 3.05) is 0 Å². The molecule has 270 valence electrons. The highest BCUT2D eigenvalue weighted by molar-refractivity contribution is 6.29. The molecule has 13 aromatic rings. The standard InChI is InChI=1S/C54H34N4/c1-3-15-35(16-4-1)55-49-31-32-50-54(53(49)43-29-27-37(33-51(43)55)57-45-23-11-7-19-39(45)40-20-8-12-24-46(40)57)44-30-28-38(34-52(44)56(50)36-17-5-2-6-18-36)58-47-25-13-9-21-41(47)42-22-10-14-26-48(42)58/h1-34H. The highest BCUT2D eigenvalue weighted by Crippen LogP contribution is 2.44. The molecule has 0 bridgehead atoms. The average Bonchev–Trinajstić information content (AvgIpc) is 4.01. The van der Waals surface area contributed by atoms with E-state index in [4.69, 9.17) is 0 Å². The van der Waals surface area contributed by atoms with Gasteiger partial charge in [-0.25, -0.2) is 0 Å². The maximum atomic E-state index is 2.46. The molecule has 9 aromatic carbocycles. The third-order valence-corrected chi connectivity index (χ3v) is 12.3. The van der Waals surface area contributed by atoms with Gasteiger partial charge in [0, 0.05) is 65.8 Å². The first kappa shape index (κ1) is 31.4. The second-order valence-corrected chi connectivity index (χ2v) is 15.3. The van der Waals surface area contributed by atoms with Crippen LogP contribution in [-0.4, -0.2) is 18.3 Å². The Balaban J connectivity index is 1.15. The summed E-state index contributed by atoms with van der Waals surface area (Å²) in [5.41, 5.74) is 14.1. The third kappa shape index (κ3) is 4.23. The van der Waals surface area contributed by atoms with Gasteiger partial charge < -0.3 is 18.3 Å². The van der Waals surface area contributed by atoms with Gasteiger partial charge in [0.25, 0.3) is 0 Å². The normalized spacial score (nSPS) is 12.1. The number of nitrogens with zero attached hydrogens (tertiary/aromatic N) is 4. The molecular weight excluding hydrogens is 705 g/mol. The van der Waals surface area contributed by atoms with Crippen LogP contribution in [0.4, 0.5) is 0 Å². The largest absolute Gasteiger partial charge is 0.309 e. The monoisotopic (exact) mass is 738 g/mol. The highest BCUT2D eigenvalue weighted by Gasteiger charge is 2.23. The van der Waals surface area contributed by atoms with Gasteiger partial charge in [0.05, 0.1) is 44.1 Å². The molecule has 4 heteroatoms. The Morgan fingerprint density at radius 3 is 0.862 bits per heavy atom. The van der Waals surface area contributed by atoms with Gasteiger partial charge in [-0.3, -0.25) is 0 Å². The maximum Gasteiger partial charge on any atom is 0.0562 e. The van der Waals surface area contributed by atoms with Crippen LogP contribution < -0.4 is 0 Å². The predicted molar refractivity (Wildman–Crippen MR) is 244 cm³/mol. The fourth-order valence-electron chi connectivity index (χ4n) is 9.98. The quantitative estimate of drug-likeness (QED) is 0.171. The van der Waals surface area contributed by atoms with E-state index in [0.717, 1.165) is 22.7 Å². The molecule has 0 saturated carbocycles. The van der Waals surface area contributed by atoms with E-state index >= 15 is 0 Å². The summed E-state index contributed by atoms with van der Waals surface area (Å²) in [5.74, 6) is 0. The van der Waals surface area contributed by atoms with E-state index in [2.05, 4.69) is 225 Å².